The Hall–Kier alpha value is -3.74. The number of benzene rings is 1. The lowest BCUT2D eigenvalue weighted by Gasteiger charge is -2.32. The van der Waals surface area contributed by atoms with E-state index < -0.39 is 10.1 Å². The highest BCUT2D eigenvalue weighted by Gasteiger charge is 2.16. The first-order valence-electron chi connectivity index (χ1n) is 10.9. The van der Waals surface area contributed by atoms with Crippen LogP contribution in [-0.4, -0.2) is 82.3 Å². The number of hydrogen-bond acceptors (Lipinski definition) is 10. The Morgan fingerprint density at radius 1 is 0.886 bits per heavy atom. The van der Waals surface area contributed by atoms with Crippen molar-refractivity contribution < 1.29 is 13.0 Å². The first kappa shape index (κ1) is 24.4. The lowest BCUT2D eigenvalue weighted by Crippen LogP contribution is -2.45. The molecule has 4 aromatic rings. The largest absolute Gasteiger partial charge is 0.338 e. The Labute approximate surface area is 203 Å². The summed E-state index contributed by atoms with van der Waals surface area (Å²) in [4.78, 5) is 26.7. The molecule has 5 rings (SSSR count). The summed E-state index contributed by atoms with van der Waals surface area (Å²) in [5.74, 6) is 1.49. The van der Waals surface area contributed by atoms with Crippen molar-refractivity contribution in [2.75, 3.05) is 49.7 Å². The Kier molecular flexibility index (Phi) is 7.44. The zero-order chi connectivity index (χ0) is 24.8. The van der Waals surface area contributed by atoms with Gasteiger partial charge in [0.15, 0.2) is 0 Å². The minimum Gasteiger partial charge on any atom is -0.338 e. The van der Waals surface area contributed by atoms with Gasteiger partial charge in [0.2, 0.25) is 5.95 Å². The lowest BCUT2D eigenvalue weighted by molar-refractivity contribution is 0.311. The van der Waals surface area contributed by atoms with Gasteiger partial charge in [0.1, 0.15) is 5.82 Å². The average Bonchev–Trinajstić information content (AvgIpc) is 2.84. The molecule has 1 aliphatic heterocycles. The molecule has 0 amide bonds. The fourth-order valence-corrected chi connectivity index (χ4v) is 3.58. The second-order valence-corrected chi connectivity index (χ2v) is 9.57. The highest BCUT2D eigenvalue weighted by atomic mass is 32.2. The van der Waals surface area contributed by atoms with Gasteiger partial charge in [0, 0.05) is 68.1 Å². The van der Waals surface area contributed by atoms with Crippen LogP contribution in [-0.2, 0) is 10.1 Å². The van der Waals surface area contributed by atoms with Gasteiger partial charge in [-0.2, -0.15) is 8.42 Å². The summed E-state index contributed by atoms with van der Waals surface area (Å²) in [6, 6.07) is 8.13. The third-order valence-electron chi connectivity index (χ3n) is 5.33. The van der Waals surface area contributed by atoms with E-state index in [1.807, 2.05) is 18.5 Å². The topological polar surface area (TPSA) is 137 Å². The Balaban J connectivity index is 0.000000527. The van der Waals surface area contributed by atoms with E-state index in [-0.39, 0.29) is 0 Å². The van der Waals surface area contributed by atoms with Crippen molar-refractivity contribution in [1.29, 1.82) is 0 Å². The molecule has 1 saturated heterocycles. The Morgan fingerprint density at radius 3 is 2.26 bits per heavy atom. The van der Waals surface area contributed by atoms with Gasteiger partial charge in [0.25, 0.3) is 10.1 Å². The van der Waals surface area contributed by atoms with Gasteiger partial charge in [-0.25, -0.2) is 15.0 Å². The number of aromatic nitrogens is 5. The third-order valence-corrected chi connectivity index (χ3v) is 5.33. The summed E-state index contributed by atoms with van der Waals surface area (Å²) in [6.45, 7) is 3.98. The molecule has 1 aliphatic rings. The minimum atomic E-state index is -3.67. The number of nitrogens with one attached hydrogen (secondary N) is 1. The van der Waals surface area contributed by atoms with Crippen LogP contribution in [0.25, 0.3) is 22.0 Å². The van der Waals surface area contributed by atoms with E-state index in [2.05, 4.69) is 65.3 Å². The van der Waals surface area contributed by atoms with Crippen LogP contribution in [0.1, 0.15) is 0 Å². The van der Waals surface area contributed by atoms with E-state index in [9.17, 15) is 8.42 Å². The number of pyridine rings is 1. The molecule has 11 nitrogen and oxygen atoms in total. The summed E-state index contributed by atoms with van der Waals surface area (Å²) < 4.78 is 25.9. The van der Waals surface area contributed by atoms with E-state index in [4.69, 9.17) is 4.55 Å². The van der Waals surface area contributed by atoms with Crippen LogP contribution in [0.2, 0.25) is 0 Å². The number of likely N-dealkylation sites (N-methyl/N-ethyl adjacent to an activating group) is 1. The van der Waals surface area contributed by atoms with Gasteiger partial charge in [0.05, 0.1) is 23.7 Å². The summed E-state index contributed by atoms with van der Waals surface area (Å²) >= 11 is 0. The smallest absolute Gasteiger partial charge is 0.261 e. The number of fused-ring (bicyclic) bond motifs is 1. The van der Waals surface area contributed by atoms with Crippen molar-refractivity contribution in [3.63, 3.8) is 0 Å². The Morgan fingerprint density at radius 2 is 1.60 bits per heavy atom. The maximum Gasteiger partial charge on any atom is 0.261 e. The second-order valence-electron chi connectivity index (χ2n) is 8.10. The van der Waals surface area contributed by atoms with Gasteiger partial charge in [-0.05, 0) is 24.7 Å². The molecule has 0 bridgehead atoms. The van der Waals surface area contributed by atoms with Crippen LogP contribution >= 0.6 is 0 Å². The molecule has 0 unspecified atom stereocenters. The highest BCUT2D eigenvalue weighted by molar-refractivity contribution is 7.85. The molecule has 1 aromatic carbocycles. The standard InChI is InChI=1S/C22H22N8.CH4O3S/c1-29-8-10-30(11-9-29)22-26-13-17(14-27-22)16-2-3-18-19(4-5-24-20(18)12-16)28-21-15-23-6-7-25-21;1-5(2,3)4/h2-7,12-15H,8-11H2,1H3,(H,24,25,28);1H3,(H,2,3,4). The number of anilines is 3. The first-order chi connectivity index (χ1) is 16.8. The van der Waals surface area contributed by atoms with Crippen LogP contribution in [0.4, 0.5) is 17.5 Å². The molecule has 3 aromatic heterocycles. The molecule has 2 N–H and O–H groups in total. The van der Waals surface area contributed by atoms with E-state index in [0.29, 0.717) is 12.1 Å². The highest BCUT2D eigenvalue weighted by Crippen LogP contribution is 2.28. The zero-order valence-electron chi connectivity index (χ0n) is 19.4. The van der Waals surface area contributed by atoms with E-state index in [1.165, 1.54) is 0 Å². The fraction of sp³-hybridized carbons (Fsp3) is 0.261. The molecule has 0 spiro atoms. The molecule has 4 heterocycles. The minimum absolute atomic E-state index is 0.696. The van der Waals surface area contributed by atoms with E-state index in [1.54, 1.807) is 24.8 Å². The Bertz CT molecular complexity index is 1370. The predicted octanol–water partition coefficient (Wildman–Crippen LogP) is 2.48. The van der Waals surface area contributed by atoms with Gasteiger partial charge >= 0.3 is 0 Å². The third kappa shape index (κ3) is 6.88. The molecule has 0 radical (unpaired) electrons. The van der Waals surface area contributed by atoms with E-state index >= 15 is 0 Å². The van der Waals surface area contributed by atoms with Crippen molar-refractivity contribution in [3.8, 4) is 11.1 Å². The van der Waals surface area contributed by atoms with Gasteiger partial charge in [-0.3, -0.25) is 14.5 Å². The molecule has 1 fully saturated rings. The fourth-order valence-electron chi connectivity index (χ4n) is 3.58. The lowest BCUT2D eigenvalue weighted by atomic mass is 10.1. The first-order valence-corrected chi connectivity index (χ1v) is 12.7. The van der Waals surface area contributed by atoms with Crippen molar-refractivity contribution >= 4 is 38.5 Å². The number of nitrogens with zero attached hydrogens (tertiary/aromatic N) is 7. The number of piperazine rings is 1. The van der Waals surface area contributed by atoms with Gasteiger partial charge in [-0.1, -0.05) is 12.1 Å². The normalized spacial score (nSPS) is 14.3. The molecular weight excluding hydrogens is 468 g/mol. The maximum absolute atomic E-state index is 9.19. The van der Waals surface area contributed by atoms with Crippen LogP contribution in [0.5, 0.6) is 0 Å². The summed E-state index contributed by atoms with van der Waals surface area (Å²) in [6.07, 6.45) is 11.3. The summed E-state index contributed by atoms with van der Waals surface area (Å²) in [5.41, 5.74) is 3.85. The van der Waals surface area contributed by atoms with Crippen LogP contribution in [0.3, 0.4) is 0 Å². The van der Waals surface area contributed by atoms with Gasteiger partial charge < -0.3 is 15.1 Å². The predicted molar refractivity (Wildman–Crippen MR) is 135 cm³/mol. The molecule has 182 valence electrons. The average molecular weight is 495 g/mol. The van der Waals surface area contributed by atoms with Crippen molar-refractivity contribution in [2.45, 2.75) is 0 Å². The second kappa shape index (κ2) is 10.7. The molecule has 0 atom stereocenters. The van der Waals surface area contributed by atoms with Crippen LogP contribution in [0, 0.1) is 0 Å². The number of rotatable bonds is 4. The van der Waals surface area contributed by atoms with Crippen molar-refractivity contribution in [2.24, 2.45) is 0 Å². The molecule has 35 heavy (non-hydrogen) atoms. The quantitative estimate of drug-likeness (QED) is 0.405. The molecule has 0 saturated carbocycles. The monoisotopic (exact) mass is 494 g/mol. The zero-order valence-corrected chi connectivity index (χ0v) is 20.2. The summed E-state index contributed by atoms with van der Waals surface area (Å²) in [5, 5.41) is 4.32. The van der Waals surface area contributed by atoms with Crippen molar-refractivity contribution in [3.05, 3.63) is 61.4 Å². The van der Waals surface area contributed by atoms with Gasteiger partial charge in [-0.15, -0.1) is 0 Å². The molecular formula is C23H26N8O3S. The van der Waals surface area contributed by atoms with Crippen LogP contribution in [0.15, 0.2) is 61.4 Å². The SMILES string of the molecule is CN1CCN(c2ncc(-c3ccc4c(Nc5cnccn5)ccnc4c3)cn2)CC1.CS(=O)(=O)O. The molecule has 12 heteroatoms. The molecule has 0 aliphatic carbocycles. The number of hydrogen-bond donors (Lipinski definition) is 2. The van der Waals surface area contributed by atoms with Crippen LogP contribution < -0.4 is 10.2 Å². The maximum atomic E-state index is 9.19. The van der Waals surface area contributed by atoms with Crippen molar-refractivity contribution in [1.82, 2.24) is 29.8 Å². The summed E-state index contributed by atoms with van der Waals surface area (Å²) in [7, 11) is -1.52. The van der Waals surface area contributed by atoms with E-state index in [0.717, 1.165) is 59.8 Å².